The number of benzene rings is 2. The predicted molar refractivity (Wildman–Crippen MR) is 156 cm³/mol. The Kier molecular flexibility index (Phi) is 12.0. The van der Waals surface area contributed by atoms with Crippen LogP contribution in [0.25, 0.3) is 0 Å². The number of nitrogens with one attached hydrogen (secondary N) is 3. The number of esters is 1. The number of rotatable bonds is 15. The number of amides is 3. The van der Waals surface area contributed by atoms with E-state index in [1.54, 1.807) is 38.1 Å². The van der Waals surface area contributed by atoms with Crippen molar-refractivity contribution in [2.24, 2.45) is 5.10 Å². The molecule has 1 heterocycles. The first-order chi connectivity index (χ1) is 20.3. The molecule has 3 N–H and O–H groups in total. The quantitative estimate of drug-likeness (QED) is 0.124. The second-order valence-electron chi connectivity index (χ2n) is 9.12. The monoisotopic (exact) mass is 582 g/mol. The van der Waals surface area contributed by atoms with Crippen LogP contribution in [0.4, 0.5) is 4.79 Å². The van der Waals surface area contributed by atoms with E-state index in [-0.39, 0.29) is 18.8 Å². The molecule has 3 amide bonds. The second-order valence-corrected chi connectivity index (χ2v) is 9.12. The maximum atomic E-state index is 12.6. The van der Waals surface area contributed by atoms with Gasteiger partial charge in [-0.15, -0.1) is 0 Å². The van der Waals surface area contributed by atoms with Crippen molar-refractivity contribution in [3.63, 3.8) is 0 Å². The number of unbranched alkanes of at least 4 members (excludes halogenated alkanes) is 1. The van der Waals surface area contributed by atoms with Gasteiger partial charge in [-0.1, -0.05) is 19.4 Å². The van der Waals surface area contributed by atoms with Crippen LogP contribution < -0.4 is 35.0 Å². The molecule has 12 nitrogen and oxygen atoms in total. The highest BCUT2D eigenvalue weighted by molar-refractivity contribution is 5.95. The zero-order chi connectivity index (χ0) is 30.5. The number of urea groups is 1. The van der Waals surface area contributed by atoms with Crippen molar-refractivity contribution in [2.75, 3.05) is 33.5 Å². The lowest BCUT2D eigenvalue weighted by Crippen LogP contribution is -2.45. The fourth-order valence-electron chi connectivity index (χ4n) is 4.08. The first-order valence-corrected chi connectivity index (χ1v) is 13.8. The van der Waals surface area contributed by atoms with Crippen molar-refractivity contribution in [1.29, 1.82) is 0 Å². The van der Waals surface area contributed by atoms with Crippen molar-refractivity contribution in [3.8, 4) is 23.0 Å². The smallest absolute Gasteiger partial charge is 0.338 e. The lowest BCUT2D eigenvalue weighted by atomic mass is 9.95. The minimum atomic E-state index is -0.765. The summed E-state index contributed by atoms with van der Waals surface area (Å²) in [7, 11) is 1.45. The summed E-state index contributed by atoms with van der Waals surface area (Å²) < 4.78 is 27.7. The Hall–Kier alpha value is -4.74. The number of methoxy groups -OCH3 is 1. The summed E-state index contributed by atoms with van der Waals surface area (Å²) >= 11 is 0. The van der Waals surface area contributed by atoms with Crippen molar-refractivity contribution in [2.45, 2.75) is 46.6 Å². The lowest BCUT2D eigenvalue weighted by molar-refractivity contribution is -0.139. The van der Waals surface area contributed by atoms with Crippen LogP contribution in [0.3, 0.4) is 0 Å². The molecule has 0 fully saturated rings. The lowest BCUT2D eigenvalue weighted by Gasteiger charge is -2.28. The standard InChI is InChI=1S/C30H38N4O8/c1-6-9-14-41-23-12-10-20(15-25(23)39-7-2)17-31-34-26(35)18-42-22-13-11-21(16-24(22)38-5)28-27(29(36)40-8-3)19(4)32-30(37)33-28/h10-13,15-17,28H,6-9,14,18H2,1-5H3,(H,34,35)(H2,32,33,37)/b31-17-/t28-/m1/s1. The number of carbonyl (C=O) groups is 3. The predicted octanol–water partition coefficient (Wildman–Crippen LogP) is 3.99. The van der Waals surface area contributed by atoms with Gasteiger partial charge in [-0.05, 0) is 68.7 Å². The number of nitrogens with zero attached hydrogens (tertiary/aromatic N) is 1. The maximum absolute atomic E-state index is 12.6. The van der Waals surface area contributed by atoms with Gasteiger partial charge in [-0.2, -0.15) is 5.10 Å². The van der Waals surface area contributed by atoms with Gasteiger partial charge in [0, 0.05) is 5.70 Å². The third-order valence-electron chi connectivity index (χ3n) is 6.07. The maximum Gasteiger partial charge on any atom is 0.338 e. The Morgan fingerprint density at radius 1 is 0.976 bits per heavy atom. The molecule has 0 aromatic heterocycles. The van der Waals surface area contributed by atoms with Gasteiger partial charge >= 0.3 is 12.0 Å². The minimum Gasteiger partial charge on any atom is -0.493 e. The van der Waals surface area contributed by atoms with Crippen LogP contribution in [0.1, 0.15) is 57.7 Å². The molecule has 1 atom stereocenters. The van der Waals surface area contributed by atoms with Crippen LogP contribution in [0.5, 0.6) is 23.0 Å². The normalized spacial score (nSPS) is 14.6. The number of ether oxygens (including phenoxy) is 5. The van der Waals surface area contributed by atoms with E-state index in [4.69, 9.17) is 23.7 Å². The number of allylic oxidation sites excluding steroid dienone is 1. The Morgan fingerprint density at radius 2 is 1.74 bits per heavy atom. The van der Waals surface area contributed by atoms with Crippen LogP contribution in [-0.4, -0.2) is 57.7 Å². The average Bonchev–Trinajstić information content (AvgIpc) is 2.97. The Bertz CT molecular complexity index is 1320. The molecule has 0 aliphatic carbocycles. The van der Waals surface area contributed by atoms with Crippen molar-refractivity contribution in [1.82, 2.24) is 16.1 Å². The summed E-state index contributed by atoms with van der Waals surface area (Å²) in [6.07, 6.45) is 3.47. The first-order valence-electron chi connectivity index (χ1n) is 13.8. The summed E-state index contributed by atoms with van der Waals surface area (Å²) in [6.45, 7) is 8.26. The highest BCUT2D eigenvalue weighted by Crippen LogP contribution is 2.34. The molecule has 0 saturated carbocycles. The molecule has 0 saturated heterocycles. The summed E-state index contributed by atoms with van der Waals surface area (Å²) in [5.74, 6) is 0.823. The fraction of sp³-hybridized carbons (Fsp3) is 0.400. The van der Waals surface area contributed by atoms with Gasteiger partial charge in [0.2, 0.25) is 0 Å². The molecule has 2 aromatic carbocycles. The van der Waals surface area contributed by atoms with Crippen LogP contribution in [-0.2, 0) is 14.3 Å². The van der Waals surface area contributed by atoms with E-state index in [1.807, 2.05) is 19.1 Å². The van der Waals surface area contributed by atoms with Gasteiger partial charge in [0.1, 0.15) is 0 Å². The van der Waals surface area contributed by atoms with Gasteiger partial charge in [-0.25, -0.2) is 15.0 Å². The fourth-order valence-corrected chi connectivity index (χ4v) is 4.08. The molecular weight excluding hydrogens is 544 g/mol. The molecule has 0 bridgehead atoms. The zero-order valence-corrected chi connectivity index (χ0v) is 24.6. The van der Waals surface area contributed by atoms with Gasteiger partial charge in [0.05, 0.1) is 44.8 Å². The number of hydrazone groups is 1. The third-order valence-corrected chi connectivity index (χ3v) is 6.07. The van der Waals surface area contributed by atoms with Crippen molar-refractivity contribution in [3.05, 3.63) is 58.8 Å². The molecule has 3 rings (SSSR count). The van der Waals surface area contributed by atoms with Gasteiger partial charge in [-0.3, -0.25) is 4.79 Å². The molecule has 12 heteroatoms. The van der Waals surface area contributed by atoms with Crippen LogP contribution in [0.15, 0.2) is 52.8 Å². The zero-order valence-electron chi connectivity index (χ0n) is 24.6. The first kappa shape index (κ1) is 31.8. The molecule has 226 valence electrons. The van der Waals surface area contributed by atoms with E-state index in [0.717, 1.165) is 18.4 Å². The average molecular weight is 583 g/mol. The largest absolute Gasteiger partial charge is 0.493 e. The van der Waals surface area contributed by atoms with Crippen LogP contribution >= 0.6 is 0 Å². The minimum absolute atomic E-state index is 0.188. The van der Waals surface area contributed by atoms with E-state index in [0.29, 0.717) is 47.5 Å². The van der Waals surface area contributed by atoms with E-state index in [2.05, 4.69) is 28.1 Å². The highest BCUT2D eigenvalue weighted by atomic mass is 16.5. The summed E-state index contributed by atoms with van der Waals surface area (Å²) in [6, 6.07) is 9.09. The van der Waals surface area contributed by atoms with E-state index >= 15 is 0 Å². The Balaban J connectivity index is 1.63. The molecule has 0 spiro atoms. The van der Waals surface area contributed by atoms with E-state index < -0.39 is 23.9 Å². The van der Waals surface area contributed by atoms with Gasteiger partial charge < -0.3 is 34.3 Å². The van der Waals surface area contributed by atoms with Crippen molar-refractivity contribution < 1.29 is 38.1 Å². The number of hydrogen-bond donors (Lipinski definition) is 3. The van der Waals surface area contributed by atoms with Crippen LogP contribution in [0, 0.1) is 0 Å². The number of carbonyl (C=O) groups excluding carboxylic acids is 3. The Labute approximate surface area is 245 Å². The van der Waals surface area contributed by atoms with Gasteiger partial charge in [0.15, 0.2) is 29.6 Å². The molecule has 0 unspecified atom stereocenters. The Morgan fingerprint density at radius 3 is 2.45 bits per heavy atom. The highest BCUT2D eigenvalue weighted by Gasteiger charge is 2.32. The van der Waals surface area contributed by atoms with Gasteiger partial charge in [0.25, 0.3) is 5.91 Å². The molecule has 0 radical (unpaired) electrons. The summed E-state index contributed by atoms with van der Waals surface area (Å²) in [5, 5.41) is 9.33. The van der Waals surface area contributed by atoms with E-state index in [1.165, 1.54) is 13.3 Å². The van der Waals surface area contributed by atoms with Crippen LogP contribution in [0.2, 0.25) is 0 Å². The number of hydrogen-bond acceptors (Lipinski definition) is 9. The second kappa shape index (κ2) is 15.9. The molecule has 1 aliphatic heterocycles. The van der Waals surface area contributed by atoms with Crippen molar-refractivity contribution >= 4 is 24.1 Å². The molecular formula is C30H38N4O8. The molecule has 42 heavy (non-hydrogen) atoms. The summed E-state index contributed by atoms with van der Waals surface area (Å²) in [5.41, 5.74) is 4.38. The van der Waals surface area contributed by atoms with E-state index in [9.17, 15) is 14.4 Å². The topological polar surface area (TPSA) is 146 Å². The SMILES string of the molecule is CCCCOc1ccc(/C=N\NC(=O)COc2ccc([C@H]3NC(=O)NC(C)=C3C(=O)OCC)cc2OC)cc1OCC. The molecule has 1 aliphatic rings. The summed E-state index contributed by atoms with van der Waals surface area (Å²) in [4.78, 5) is 37.1. The third kappa shape index (κ3) is 8.63. The molecule has 2 aromatic rings.